The summed E-state index contributed by atoms with van der Waals surface area (Å²) in [6.45, 7) is 11.7. The Morgan fingerprint density at radius 3 is 1.89 bits per heavy atom. The average molecular weight is 1530 g/mol. The van der Waals surface area contributed by atoms with E-state index in [1.54, 1.807) is 26.8 Å². The van der Waals surface area contributed by atoms with E-state index in [9.17, 15) is 37.1 Å². The van der Waals surface area contributed by atoms with Gasteiger partial charge in [-0.1, -0.05) is 78.9 Å². The second kappa shape index (κ2) is 37.4. The molecule has 3 aliphatic heterocycles. The molecule has 13 atom stereocenters. The molecule has 608 valence electrons. The molecule has 0 aromatic carbocycles. The van der Waals surface area contributed by atoms with Crippen molar-refractivity contribution in [3.05, 3.63) is 12.2 Å². The third-order valence-electron chi connectivity index (χ3n) is 25.5. The summed E-state index contributed by atoms with van der Waals surface area (Å²) >= 11 is 0. The van der Waals surface area contributed by atoms with Crippen molar-refractivity contribution in [3.8, 4) is 0 Å². The molecular formula is C79H127F3N12O14. The first kappa shape index (κ1) is 86.7. The summed E-state index contributed by atoms with van der Waals surface area (Å²) in [5, 5.41) is 8.89. The van der Waals surface area contributed by atoms with Gasteiger partial charge in [0.1, 0.15) is 53.9 Å². The highest BCUT2D eigenvalue weighted by atomic mass is 19.4. The molecule has 2 bridgehead atoms. The predicted molar refractivity (Wildman–Crippen MR) is 398 cm³/mol. The zero-order chi connectivity index (χ0) is 79.6. The van der Waals surface area contributed by atoms with Crippen LogP contribution in [0.1, 0.15) is 196 Å². The van der Waals surface area contributed by atoms with Crippen LogP contribution in [0.3, 0.4) is 0 Å². The number of amides is 12. The molecule has 0 radical (unpaired) electrons. The zero-order valence-electron chi connectivity index (χ0n) is 67.1. The van der Waals surface area contributed by atoms with Gasteiger partial charge in [-0.2, -0.15) is 13.2 Å². The van der Waals surface area contributed by atoms with Gasteiger partial charge in [0.2, 0.25) is 70.9 Å². The number of methoxy groups -OCH3 is 1. The lowest BCUT2D eigenvalue weighted by Gasteiger charge is -2.54. The standard InChI is InChI=1S/C79H127F3N12O14/c1-16-49(5)66-74(104)88(10)44-65(97)89(11)57-26-20-19-23-37-93(73(57)103)60(39-50-27-31-52(32-28-50)53-33-34-53)72(102)87(9)43-63(95)83-56(36-30-51-29-35-55(79(80,81)82)62(40-51)107-15)70(100)94-42-48(4)38-58(94)69(99)85-78(46-77(6,7)47-78)76(106)92(14)67(54-24-21-22-25-54)75(105)91(13)59(71(101)86(8)17-2)41-64(96)90(12)61(45-108-18-3)68(98)84-66/h19-20,48-62,66-67H,16-18,21-47H2,1-15H3,(H,83,95)(H,84,98)(H,85,99)/b20-19-/t48-,49-,50?,51?,52?,55?,56-,57-,58-,59-,60-,61-,62?,66-,67-/m0/s1. The van der Waals surface area contributed by atoms with Gasteiger partial charge in [0.25, 0.3) is 0 Å². The molecule has 12 amide bonds. The Bertz CT molecular complexity index is 3240. The van der Waals surface area contributed by atoms with E-state index in [4.69, 9.17) is 9.47 Å². The highest BCUT2D eigenvalue weighted by Crippen LogP contribution is 2.51. The number of alkyl halides is 3. The highest BCUT2D eigenvalue weighted by molar-refractivity contribution is 6.01. The van der Waals surface area contributed by atoms with Crippen molar-refractivity contribution in [2.24, 2.45) is 52.8 Å². The van der Waals surface area contributed by atoms with E-state index in [1.807, 2.05) is 33.8 Å². The van der Waals surface area contributed by atoms with Crippen molar-refractivity contribution in [1.82, 2.24) is 60.0 Å². The zero-order valence-corrected chi connectivity index (χ0v) is 67.1. The molecule has 5 saturated carbocycles. The van der Waals surface area contributed by atoms with Crippen LogP contribution < -0.4 is 16.0 Å². The average Bonchev–Trinajstić information content (AvgIpc) is 1.08. The maximum atomic E-state index is 15.8. The molecule has 26 nitrogen and oxygen atoms in total. The number of carbonyl (C=O) groups is 12. The van der Waals surface area contributed by atoms with Crippen LogP contribution in [0.5, 0.6) is 0 Å². The van der Waals surface area contributed by atoms with Crippen LogP contribution in [0.4, 0.5) is 13.2 Å². The minimum absolute atomic E-state index is 0.0158. The minimum atomic E-state index is -4.51. The van der Waals surface area contributed by atoms with Gasteiger partial charge in [-0.25, -0.2) is 0 Å². The van der Waals surface area contributed by atoms with Gasteiger partial charge in [-0.15, -0.1) is 0 Å². The molecule has 7 fully saturated rings. The van der Waals surface area contributed by atoms with E-state index in [0.29, 0.717) is 37.5 Å². The number of halogens is 3. The summed E-state index contributed by atoms with van der Waals surface area (Å²) in [6, 6.07) is -10.2. The topological polar surface area (TPSA) is 289 Å². The molecule has 108 heavy (non-hydrogen) atoms. The van der Waals surface area contributed by atoms with E-state index in [1.165, 1.54) is 108 Å². The second-order valence-corrected chi connectivity index (χ2v) is 34.0. The Morgan fingerprint density at radius 1 is 0.667 bits per heavy atom. The SMILES string of the molecule is CCOC[C@H]1C(=O)N[C@@H]([C@@H](C)CC)C(=O)N(C)CC(=O)N(C)[C@H]2C/C=C\CCN(C2=O)[C@@H](CC2CCC(C3CC3)CC2)C(=O)N(C)CC(=O)N[C@@H](CCC2CCC(C(F)(F)F)C(OC)C2)C(=O)N2C[C@@H](C)C[C@H]2C(=O)NC2(CC(C)(C)C2)C(=O)N(C)[C@@H](C2CCCC2)C(=O)N(C)[C@H](C(=O)N(C)CC)CC(=O)N1C. The first-order valence-electron chi connectivity index (χ1n) is 40.1. The van der Waals surface area contributed by atoms with E-state index in [2.05, 4.69) is 16.0 Å². The van der Waals surface area contributed by atoms with Gasteiger partial charge in [-0.3, -0.25) is 57.5 Å². The van der Waals surface area contributed by atoms with Crippen LogP contribution in [-0.2, 0) is 67.0 Å². The Kier molecular flexibility index (Phi) is 30.0. The third kappa shape index (κ3) is 20.8. The second-order valence-electron chi connectivity index (χ2n) is 34.0. The molecule has 8 aliphatic rings. The summed E-state index contributed by atoms with van der Waals surface area (Å²) in [6.07, 6.45) is 7.33. The third-order valence-corrected chi connectivity index (χ3v) is 25.5. The molecule has 0 aromatic rings. The lowest BCUT2D eigenvalue weighted by atomic mass is 9.58. The molecule has 8 rings (SSSR count). The maximum absolute atomic E-state index is 15.8. The van der Waals surface area contributed by atoms with E-state index >= 15 is 33.6 Å². The molecule has 5 aliphatic carbocycles. The van der Waals surface area contributed by atoms with Gasteiger partial charge < -0.3 is 69.5 Å². The van der Waals surface area contributed by atoms with Crippen LogP contribution in [0.15, 0.2) is 12.2 Å². The fourth-order valence-corrected chi connectivity index (χ4v) is 18.6. The van der Waals surface area contributed by atoms with Crippen LogP contribution in [0, 0.1) is 52.8 Å². The number of ether oxygens (including phenoxy) is 2. The first-order chi connectivity index (χ1) is 50.9. The van der Waals surface area contributed by atoms with Crippen LogP contribution in [0.25, 0.3) is 0 Å². The molecule has 0 aromatic heterocycles. The summed E-state index contributed by atoms with van der Waals surface area (Å²) in [4.78, 5) is 195. The van der Waals surface area contributed by atoms with Gasteiger partial charge in [-0.05, 0) is 170 Å². The van der Waals surface area contributed by atoms with Crippen LogP contribution >= 0.6 is 0 Å². The molecule has 3 unspecified atom stereocenters. The molecule has 3 heterocycles. The summed E-state index contributed by atoms with van der Waals surface area (Å²) in [5.41, 5.74) is -2.12. The number of nitrogens with one attached hydrogen (secondary N) is 3. The number of nitrogens with zero attached hydrogens (tertiary/aromatic N) is 9. The normalized spacial score (nSPS) is 32.3. The number of likely N-dealkylation sites (N-methyl/N-ethyl adjacent to an activating group) is 7. The van der Waals surface area contributed by atoms with E-state index in [-0.39, 0.29) is 115 Å². The van der Waals surface area contributed by atoms with Crippen molar-refractivity contribution in [2.45, 2.75) is 262 Å². The quantitative estimate of drug-likeness (QED) is 0.155. The summed E-state index contributed by atoms with van der Waals surface area (Å²) in [5.74, 6) is -9.85. The van der Waals surface area contributed by atoms with Gasteiger partial charge >= 0.3 is 6.18 Å². The molecule has 3 N–H and O–H groups in total. The summed E-state index contributed by atoms with van der Waals surface area (Å²) in [7, 11) is 11.4. The lowest BCUT2D eigenvalue weighted by Crippen LogP contribution is -2.71. The lowest BCUT2D eigenvalue weighted by molar-refractivity contribution is -0.215. The molecule has 29 heteroatoms. The fourth-order valence-electron chi connectivity index (χ4n) is 18.6. The van der Waals surface area contributed by atoms with Crippen molar-refractivity contribution in [3.63, 3.8) is 0 Å². The van der Waals surface area contributed by atoms with E-state index in [0.717, 1.165) is 43.4 Å². The van der Waals surface area contributed by atoms with Crippen molar-refractivity contribution >= 4 is 70.9 Å². The maximum Gasteiger partial charge on any atom is 0.394 e. The smallest absolute Gasteiger partial charge is 0.381 e. The largest absolute Gasteiger partial charge is 0.394 e. The predicted octanol–water partition coefficient (Wildman–Crippen LogP) is 6.18. The highest BCUT2D eigenvalue weighted by Gasteiger charge is 2.59. The fraction of sp³-hybridized carbons (Fsp3) is 0.823. The number of rotatable bonds is 15. The van der Waals surface area contributed by atoms with Gasteiger partial charge in [0.15, 0.2) is 0 Å². The molecule has 1 spiro atoms. The number of carbonyl (C=O) groups excluding carboxylic acids is 12. The molecule has 2 saturated heterocycles. The Labute approximate surface area is 638 Å². The van der Waals surface area contributed by atoms with Crippen LogP contribution in [-0.4, -0.2) is 284 Å². The van der Waals surface area contributed by atoms with E-state index < -0.39 is 180 Å². The van der Waals surface area contributed by atoms with Gasteiger partial charge in [0, 0.05) is 82.7 Å². The number of hydrogen-bond acceptors (Lipinski definition) is 14. The minimum Gasteiger partial charge on any atom is -0.381 e. The number of hydrogen-bond donors (Lipinski definition) is 3. The first-order valence-corrected chi connectivity index (χ1v) is 40.1. The van der Waals surface area contributed by atoms with Crippen molar-refractivity contribution < 1.29 is 80.2 Å². The summed E-state index contributed by atoms with van der Waals surface area (Å²) < 4.78 is 54.3. The monoisotopic (exact) mass is 1520 g/mol. The number of fused-ring (bicyclic) bond motifs is 3. The Balaban J connectivity index is 1.20. The van der Waals surface area contributed by atoms with Gasteiger partial charge in [0.05, 0.1) is 38.1 Å². The Hall–Kier alpha value is -6.91. The Morgan fingerprint density at radius 2 is 1.30 bits per heavy atom. The van der Waals surface area contributed by atoms with Crippen LogP contribution in [0.2, 0.25) is 0 Å². The molecular weight excluding hydrogens is 1400 g/mol. The van der Waals surface area contributed by atoms with Crippen molar-refractivity contribution in [1.29, 1.82) is 0 Å². The van der Waals surface area contributed by atoms with Crippen molar-refractivity contribution in [2.75, 3.05) is 102 Å².